The molecule has 1 N–H and O–H groups in total. The molecule has 90 valence electrons. The summed E-state index contributed by atoms with van der Waals surface area (Å²) in [5.41, 5.74) is 0. The van der Waals surface area contributed by atoms with E-state index in [4.69, 9.17) is 9.47 Å². The van der Waals surface area contributed by atoms with Gasteiger partial charge in [-0.2, -0.15) is 11.8 Å². The fraction of sp³-hybridized carbons (Fsp3) is 0.500. The van der Waals surface area contributed by atoms with Crippen molar-refractivity contribution in [3.05, 3.63) is 24.3 Å². The van der Waals surface area contributed by atoms with Crippen molar-refractivity contribution in [1.29, 1.82) is 0 Å². The van der Waals surface area contributed by atoms with Gasteiger partial charge in [0.25, 0.3) is 0 Å². The summed E-state index contributed by atoms with van der Waals surface area (Å²) >= 11 is 1.84. The van der Waals surface area contributed by atoms with Crippen LogP contribution in [0.4, 0.5) is 0 Å². The van der Waals surface area contributed by atoms with Crippen LogP contribution in [0.3, 0.4) is 0 Å². The van der Waals surface area contributed by atoms with Gasteiger partial charge < -0.3 is 14.8 Å². The van der Waals surface area contributed by atoms with Crippen molar-refractivity contribution in [1.82, 2.24) is 5.32 Å². The van der Waals surface area contributed by atoms with E-state index in [0.29, 0.717) is 6.61 Å². The summed E-state index contributed by atoms with van der Waals surface area (Å²) in [5, 5.41) is 3.31. The molecule has 0 heterocycles. The van der Waals surface area contributed by atoms with Crippen molar-refractivity contribution in [3.8, 4) is 11.5 Å². The van der Waals surface area contributed by atoms with Crippen molar-refractivity contribution in [2.24, 2.45) is 0 Å². The zero-order valence-electron chi connectivity index (χ0n) is 9.86. The van der Waals surface area contributed by atoms with E-state index in [1.807, 2.05) is 36.0 Å². The second kappa shape index (κ2) is 8.30. The predicted molar refractivity (Wildman–Crippen MR) is 69.7 cm³/mol. The molecule has 0 saturated heterocycles. The molecule has 1 rings (SSSR count). The standard InChI is InChI=1S/C12H19NO2S/c1-14-11-5-3-4-6-12(11)15-9-7-13-8-10-16-2/h3-6,13H,7-10H2,1-2H3. The van der Waals surface area contributed by atoms with Crippen LogP contribution in [0.2, 0.25) is 0 Å². The Kier molecular flexibility index (Phi) is 6.85. The van der Waals surface area contributed by atoms with Crippen LogP contribution >= 0.6 is 11.8 Å². The molecule has 0 fully saturated rings. The average molecular weight is 241 g/mol. The molecule has 0 aliphatic carbocycles. The lowest BCUT2D eigenvalue weighted by Gasteiger charge is -2.10. The third-order valence-electron chi connectivity index (χ3n) is 2.09. The topological polar surface area (TPSA) is 30.5 Å². The highest BCUT2D eigenvalue weighted by molar-refractivity contribution is 7.98. The summed E-state index contributed by atoms with van der Waals surface area (Å²) in [6.45, 7) is 2.55. The van der Waals surface area contributed by atoms with E-state index in [-0.39, 0.29) is 0 Å². The molecule has 0 atom stereocenters. The monoisotopic (exact) mass is 241 g/mol. The molecule has 0 aromatic heterocycles. The van der Waals surface area contributed by atoms with E-state index in [1.165, 1.54) is 0 Å². The maximum absolute atomic E-state index is 5.61. The number of methoxy groups -OCH3 is 1. The van der Waals surface area contributed by atoms with Gasteiger partial charge >= 0.3 is 0 Å². The summed E-state index contributed by atoms with van der Waals surface area (Å²) in [4.78, 5) is 0. The summed E-state index contributed by atoms with van der Waals surface area (Å²) in [7, 11) is 1.65. The lowest BCUT2D eigenvalue weighted by atomic mass is 10.3. The lowest BCUT2D eigenvalue weighted by Crippen LogP contribution is -2.23. The van der Waals surface area contributed by atoms with E-state index in [0.717, 1.165) is 30.3 Å². The molecule has 0 unspecified atom stereocenters. The zero-order valence-corrected chi connectivity index (χ0v) is 10.7. The lowest BCUT2D eigenvalue weighted by molar-refractivity contribution is 0.293. The molecule has 4 heteroatoms. The van der Waals surface area contributed by atoms with Gasteiger partial charge in [0, 0.05) is 18.8 Å². The highest BCUT2D eigenvalue weighted by atomic mass is 32.2. The Morgan fingerprint density at radius 3 is 2.62 bits per heavy atom. The highest BCUT2D eigenvalue weighted by Crippen LogP contribution is 2.25. The average Bonchev–Trinajstić information content (AvgIpc) is 2.34. The molecular weight excluding hydrogens is 222 g/mol. The van der Waals surface area contributed by atoms with Crippen molar-refractivity contribution in [3.63, 3.8) is 0 Å². The summed E-state index contributed by atoms with van der Waals surface area (Å²) < 4.78 is 10.8. The summed E-state index contributed by atoms with van der Waals surface area (Å²) in [5.74, 6) is 2.72. The second-order valence-corrected chi connectivity index (χ2v) is 4.23. The first-order chi connectivity index (χ1) is 7.88. The number of hydrogen-bond donors (Lipinski definition) is 1. The van der Waals surface area contributed by atoms with Gasteiger partial charge in [-0.3, -0.25) is 0 Å². The van der Waals surface area contributed by atoms with Gasteiger partial charge in [0.2, 0.25) is 0 Å². The Morgan fingerprint density at radius 2 is 1.94 bits per heavy atom. The van der Waals surface area contributed by atoms with Crippen LogP contribution in [0, 0.1) is 0 Å². The molecule has 0 bridgehead atoms. The Morgan fingerprint density at radius 1 is 1.19 bits per heavy atom. The normalized spacial score (nSPS) is 10.1. The molecule has 0 aliphatic heterocycles. The van der Waals surface area contributed by atoms with Crippen LogP contribution in [0.25, 0.3) is 0 Å². The van der Waals surface area contributed by atoms with Gasteiger partial charge in [0.15, 0.2) is 11.5 Å². The quantitative estimate of drug-likeness (QED) is 0.705. The number of nitrogens with one attached hydrogen (secondary N) is 1. The van der Waals surface area contributed by atoms with Crippen LogP contribution in [-0.4, -0.2) is 38.8 Å². The minimum atomic E-state index is 0.661. The first-order valence-corrected chi connectivity index (χ1v) is 6.73. The molecule has 3 nitrogen and oxygen atoms in total. The number of benzene rings is 1. The maximum atomic E-state index is 5.61. The van der Waals surface area contributed by atoms with E-state index in [2.05, 4.69) is 11.6 Å². The molecule has 0 saturated carbocycles. The molecule has 0 spiro atoms. The van der Waals surface area contributed by atoms with Gasteiger partial charge in [-0.05, 0) is 18.4 Å². The number of rotatable bonds is 8. The first kappa shape index (κ1) is 13.2. The van der Waals surface area contributed by atoms with E-state index < -0.39 is 0 Å². The van der Waals surface area contributed by atoms with Crippen molar-refractivity contribution >= 4 is 11.8 Å². The number of hydrogen-bond acceptors (Lipinski definition) is 4. The van der Waals surface area contributed by atoms with Gasteiger partial charge in [-0.1, -0.05) is 12.1 Å². The third-order valence-corrected chi connectivity index (χ3v) is 2.70. The third kappa shape index (κ3) is 4.77. The molecule has 16 heavy (non-hydrogen) atoms. The SMILES string of the molecule is COc1ccccc1OCCNCCSC. The molecule has 0 aliphatic rings. The molecule has 1 aromatic rings. The number of para-hydroxylation sites is 2. The van der Waals surface area contributed by atoms with Gasteiger partial charge in [0.1, 0.15) is 6.61 Å². The Balaban J connectivity index is 2.21. The van der Waals surface area contributed by atoms with E-state index >= 15 is 0 Å². The molecule has 0 amide bonds. The highest BCUT2D eigenvalue weighted by Gasteiger charge is 2.01. The van der Waals surface area contributed by atoms with Gasteiger partial charge in [-0.15, -0.1) is 0 Å². The smallest absolute Gasteiger partial charge is 0.161 e. The van der Waals surface area contributed by atoms with E-state index in [9.17, 15) is 0 Å². The fourth-order valence-corrected chi connectivity index (χ4v) is 1.62. The number of ether oxygens (including phenoxy) is 2. The van der Waals surface area contributed by atoms with Crippen LogP contribution in [0.1, 0.15) is 0 Å². The fourth-order valence-electron chi connectivity index (χ4n) is 1.27. The van der Waals surface area contributed by atoms with Crippen molar-refractivity contribution in [2.45, 2.75) is 0 Å². The van der Waals surface area contributed by atoms with E-state index in [1.54, 1.807) is 7.11 Å². The van der Waals surface area contributed by atoms with Crippen molar-refractivity contribution < 1.29 is 9.47 Å². The Bertz CT molecular complexity index is 294. The Hall–Kier alpha value is -0.870. The summed E-state index contributed by atoms with van der Waals surface area (Å²) in [6, 6.07) is 7.69. The van der Waals surface area contributed by atoms with Crippen molar-refractivity contribution in [2.75, 3.05) is 38.8 Å². The first-order valence-electron chi connectivity index (χ1n) is 5.34. The summed E-state index contributed by atoms with van der Waals surface area (Å²) in [6.07, 6.45) is 2.10. The van der Waals surface area contributed by atoms with Crippen LogP contribution in [0.15, 0.2) is 24.3 Å². The molecule has 0 radical (unpaired) electrons. The minimum Gasteiger partial charge on any atom is -0.493 e. The van der Waals surface area contributed by atoms with Gasteiger partial charge in [0.05, 0.1) is 7.11 Å². The second-order valence-electron chi connectivity index (χ2n) is 3.24. The predicted octanol–water partition coefficient (Wildman–Crippen LogP) is 2.03. The largest absolute Gasteiger partial charge is 0.493 e. The van der Waals surface area contributed by atoms with Crippen LogP contribution < -0.4 is 14.8 Å². The molecule has 1 aromatic carbocycles. The van der Waals surface area contributed by atoms with Crippen LogP contribution in [0.5, 0.6) is 11.5 Å². The minimum absolute atomic E-state index is 0.661. The number of thioether (sulfide) groups is 1. The van der Waals surface area contributed by atoms with Crippen LogP contribution in [-0.2, 0) is 0 Å². The zero-order chi connectivity index (χ0) is 11.6. The Labute approximate surface area is 102 Å². The molecular formula is C12H19NO2S. The van der Waals surface area contributed by atoms with Gasteiger partial charge in [-0.25, -0.2) is 0 Å². The maximum Gasteiger partial charge on any atom is 0.161 e.